The second kappa shape index (κ2) is 5.00. The van der Waals surface area contributed by atoms with Crippen molar-refractivity contribution in [2.75, 3.05) is 18.5 Å². The van der Waals surface area contributed by atoms with Crippen molar-refractivity contribution >= 4 is 6.01 Å². The molecule has 1 saturated heterocycles. The molecule has 2 atom stereocenters. The second-order valence-corrected chi connectivity index (χ2v) is 5.51. The average Bonchev–Trinajstić information content (AvgIpc) is 3.03. The van der Waals surface area contributed by atoms with Crippen molar-refractivity contribution in [1.29, 1.82) is 0 Å². The van der Waals surface area contributed by atoms with Gasteiger partial charge in [0.1, 0.15) is 12.3 Å². The number of nitrogens with zero attached hydrogens (tertiary/aromatic N) is 3. The molecule has 4 rings (SSSR count). The zero-order chi connectivity index (χ0) is 14.2. The van der Waals surface area contributed by atoms with Crippen LogP contribution < -0.4 is 10.9 Å². The van der Waals surface area contributed by atoms with Crippen LogP contribution in [0.3, 0.4) is 0 Å². The fourth-order valence-corrected chi connectivity index (χ4v) is 2.65. The number of aromatic nitrogens is 3. The Morgan fingerprint density at radius 3 is 2.95 bits per heavy atom. The molecule has 2 unspecified atom stereocenters. The van der Waals surface area contributed by atoms with Crippen LogP contribution in [0.15, 0.2) is 33.8 Å². The van der Waals surface area contributed by atoms with Crippen molar-refractivity contribution in [3.05, 3.63) is 40.6 Å². The Labute approximate surface area is 120 Å². The van der Waals surface area contributed by atoms with Crippen LogP contribution >= 0.6 is 0 Å². The van der Waals surface area contributed by atoms with Gasteiger partial charge in [-0.2, -0.15) is 5.10 Å². The monoisotopic (exact) mass is 288 g/mol. The number of hydrogen-bond acceptors (Lipinski definition) is 6. The highest BCUT2D eigenvalue weighted by Gasteiger charge is 2.33. The fourth-order valence-electron chi connectivity index (χ4n) is 2.65. The number of anilines is 1. The van der Waals surface area contributed by atoms with Crippen LogP contribution in [0.25, 0.3) is 0 Å². The highest BCUT2D eigenvalue weighted by atomic mass is 16.5. The first-order chi connectivity index (χ1) is 10.3. The van der Waals surface area contributed by atoms with Gasteiger partial charge in [-0.25, -0.2) is 9.67 Å². The molecule has 110 valence electrons. The van der Waals surface area contributed by atoms with Gasteiger partial charge < -0.3 is 14.5 Å². The zero-order valence-electron chi connectivity index (χ0n) is 11.4. The minimum Gasteiger partial charge on any atom is -0.432 e. The van der Waals surface area contributed by atoms with Crippen LogP contribution in [0.4, 0.5) is 6.01 Å². The van der Waals surface area contributed by atoms with Gasteiger partial charge >= 0.3 is 0 Å². The molecule has 0 bridgehead atoms. The molecule has 21 heavy (non-hydrogen) atoms. The van der Waals surface area contributed by atoms with Crippen LogP contribution in [-0.2, 0) is 4.74 Å². The normalized spacial score (nSPS) is 25.1. The number of oxazole rings is 1. The molecule has 0 aromatic carbocycles. The van der Waals surface area contributed by atoms with E-state index in [1.165, 1.54) is 6.26 Å². The Balaban J connectivity index is 1.61. The summed E-state index contributed by atoms with van der Waals surface area (Å²) in [5.41, 5.74) is 0.894. The molecule has 0 amide bonds. The van der Waals surface area contributed by atoms with E-state index in [0.717, 1.165) is 18.5 Å². The molecule has 2 fully saturated rings. The van der Waals surface area contributed by atoms with E-state index in [2.05, 4.69) is 15.4 Å². The van der Waals surface area contributed by atoms with E-state index in [4.69, 9.17) is 9.15 Å². The van der Waals surface area contributed by atoms with E-state index in [1.54, 1.807) is 16.9 Å². The number of nitrogens with one attached hydrogen (secondary N) is 1. The molecule has 7 heteroatoms. The Hall–Kier alpha value is -2.15. The Bertz CT molecular complexity index is 678. The van der Waals surface area contributed by atoms with Gasteiger partial charge in [-0.15, -0.1) is 0 Å². The summed E-state index contributed by atoms with van der Waals surface area (Å²) >= 11 is 0. The van der Waals surface area contributed by atoms with E-state index < -0.39 is 0 Å². The maximum Gasteiger partial charge on any atom is 0.294 e. The summed E-state index contributed by atoms with van der Waals surface area (Å²) in [5.74, 6) is 0.511. The molecular formula is C14H16N4O3. The minimum atomic E-state index is -0.150. The van der Waals surface area contributed by atoms with Crippen LogP contribution in [-0.4, -0.2) is 34.0 Å². The van der Waals surface area contributed by atoms with Gasteiger partial charge in [-0.1, -0.05) is 0 Å². The maximum atomic E-state index is 12.1. The standard InChI is InChI=1S/C14H16N4O3/c19-13-4-3-10(9-1-2-9)17-18(13)12-8-20-7-11(12)16-14-15-5-6-21-14/h3-6,9,11-12H,1-2,7-8H2,(H,15,16). The minimum absolute atomic E-state index is 0.0803. The molecule has 0 radical (unpaired) electrons. The third-order valence-electron chi connectivity index (χ3n) is 3.95. The van der Waals surface area contributed by atoms with E-state index in [-0.39, 0.29) is 17.6 Å². The SMILES string of the molecule is O=c1ccc(C2CC2)nn1C1COCC1Nc1ncco1. The van der Waals surface area contributed by atoms with Gasteiger partial charge in [0, 0.05) is 12.0 Å². The summed E-state index contributed by atoms with van der Waals surface area (Å²) in [6.07, 6.45) is 5.39. The Morgan fingerprint density at radius 2 is 2.19 bits per heavy atom. The lowest BCUT2D eigenvalue weighted by Crippen LogP contribution is -2.37. The fraction of sp³-hybridized carbons (Fsp3) is 0.500. The zero-order valence-corrected chi connectivity index (χ0v) is 11.4. The van der Waals surface area contributed by atoms with Gasteiger partial charge in [-0.05, 0) is 18.9 Å². The second-order valence-electron chi connectivity index (χ2n) is 5.51. The Kier molecular flexibility index (Phi) is 2.99. The molecule has 0 spiro atoms. The third kappa shape index (κ3) is 2.44. The lowest BCUT2D eigenvalue weighted by Gasteiger charge is -2.19. The summed E-state index contributed by atoms with van der Waals surface area (Å²) in [5, 5.41) is 7.69. The first kappa shape index (κ1) is 12.6. The van der Waals surface area contributed by atoms with Crippen molar-refractivity contribution in [2.24, 2.45) is 0 Å². The molecule has 2 aromatic rings. The van der Waals surface area contributed by atoms with Crippen molar-refractivity contribution in [3.8, 4) is 0 Å². The van der Waals surface area contributed by atoms with Gasteiger partial charge in [0.25, 0.3) is 11.6 Å². The number of ether oxygens (including phenoxy) is 1. The van der Waals surface area contributed by atoms with Gasteiger partial charge in [0.05, 0.1) is 31.1 Å². The summed E-state index contributed by atoms with van der Waals surface area (Å²) in [6, 6.07) is 3.64. The summed E-state index contributed by atoms with van der Waals surface area (Å²) in [4.78, 5) is 16.2. The lowest BCUT2D eigenvalue weighted by molar-refractivity contribution is 0.182. The van der Waals surface area contributed by atoms with Crippen LogP contribution in [0.2, 0.25) is 0 Å². The van der Waals surface area contributed by atoms with Crippen molar-refractivity contribution in [3.63, 3.8) is 0 Å². The van der Waals surface area contributed by atoms with Crippen molar-refractivity contribution in [2.45, 2.75) is 30.8 Å². The topological polar surface area (TPSA) is 82.2 Å². The molecule has 2 aliphatic rings. The van der Waals surface area contributed by atoms with Crippen LogP contribution in [0, 0.1) is 0 Å². The molecule has 2 aromatic heterocycles. The van der Waals surface area contributed by atoms with Gasteiger partial charge in [-0.3, -0.25) is 4.79 Å². The van der Waals surface area contributed by atoms with Gasteiger partial charge in [0.15, 0.2) is 0 Å². The predicted molar refractivity (Wildman–Crippen MR) is 74.2 cm³/mol. The molecule has 1 N–H and O–H groups in total. The highest BCUT2D eigenvalue weighted by molar-refractivity contribution is 5.22. The quantitative estimate of drug-likeness (QED) is 0.909. The molecule has 1 aliphatic heterocycles. The smallest absolute Gasteiger partial charge is 0.294 e. The number of rotatable bonds is 4. The lowest BCUT2D eigenvalue weighted by atomic mass is 10.1. The van der Waals surface area contributed by atoms with Crippen LogP contribution in [0.1, 0.15) is 30.5 Å². The average molecular weight is 288 g/mol. The first-order valence-corrected chi connectivity index (χ1v) is 7.15. The molecular weight excluding hydrogens is 272 g/mol. The van der Waals surface area contributed by atoms with Crippen molar-refractivity contribution in [1.82, 2.24) is 14.8 Å². The van der Waals surface area contributed by atoms with E-state index >= 15 is 0 Å². The molecule has 1 aliphatic carbocycles. The summed E-state index contributed by atoms with van der Waals surface area (Å²) < 4.78 is 12.3. The summed E-state index contributed by atoms with van der Waals surface area (Å²) in [7, 11) is 0. The first-order valence-electron chi connectivity index (χ1n) is 7.15. The van der Waals surface area contributed by atoms with E-state index in [0.29, 0.717) is 25.1 Å². The van der Waals surface area contributed by atoms with Gasteiger partial charge in [0.2, 0.25) is 0 Å². The van der Waals surface area contributed by atoms with E-state index in [9.17, 15) is 4.79 Å². The maximum absolute atomic E-state index is 12.1. The summed E-state index contributed by atoms with van der Waals surface area (Å²) in [6.45, 7) is 0.953. The van der Waals surface area contributed by atoms with E-state index in [1.807, 2.05) is 6.07 Å². The molecule has 1 saturated carbocycles. The third-order valence-corrected chi connectivity index (χ3v) is 3.95. The van der Waals surface area contributed by atoms with Crippen molar-refractivity contribution < 1.29 is 9.15 Å². The molecule has 3 heterocycles. The largest absolute Gasteiger partial charge is 0.432 e. The van der Waals surface area contributed by atoms with Crippen LogP contribution in [0.5, 0.6) is 0 Å². The highest BCUT2D eigenvalue weighted by Crippen LogP contribution is 2.38. The number of hydrogen-bond donors (Lipinski definition) is 1. The Morgan fingerprint density at radius 1 is 1.29 bits per heavy atom. The molecule has 7 nitrogen and oxygen atoms in total. The predicted octanol–water partition coefficient (Wildman–Crippen LogP) is 1.16.